The molecule has 1 saturated carbocycles. The SMILES string of the molecule is CN1N(CCO)C(=O)CC12CCCCC2. The summed E-state index contributed by atoms with van der Waals surface area (Å²) in [6.45, 7) is 0.489. The minimum atomic E-state index is 0.0478. The van der Waals surface area contributed by atoms with Crippen LogP contribution >= 0.6 is 0 Å². The molecule has 0 aromatic carbocycles. The second-order valence-corrected chi connectivity index (χ2v) is 4.73. The highest BCUT2D eigenvalue weighted by Crippen LogP contribution is 2.40. The van der Waals surface area contributed by atoms with Crippen molar-refractivity contribution in [3.8, 4) is 0 Å². The number of β-amino-alcohol motifs (C(OH)–C–C–N with tert-alkyl or cyclic N) is 1. The standard InChI is InChI=1S/C11H20N2O2/c1-12-11(5-3-2-4-6-11)9-10(15)13(12)7-8-14/h14H,2-9H2,1H3. The van der Waals surface area contributed by atoms with Crippen molar-refractivity contribution < 1.29 is 9.90 Å². The molecule has 4 nitrogen and oxygen atoms in total. The van der Waals surface area contributed by atoms with Crippen molar-refractivity contribution in [3.63, 3.8) is 0 Å². The van der Waals surface area contributed by atoms with Gasteiger partial charge in [-0.15, -0.1) is 0 Å². The van der Waals surface area contributed by atoms with Gasteiger partial charge in [-0.2, -0.15) is 0 Å². The van der Waals surface area contributed by atoms with E-state index in [2.05, 4.69) is 5.01 Å². The summed E-state index contributed by atoms with van der Waals surface area (Å²) in [5.74, 6) is 0.174. The molecule has 1 heterocycles. The highest BCUT2D eigenvalue weighted by molar-refractivity contribution is 5.79. The van der Waals surface area contributed by atoms with Crippen LogP contribution in [0.25, 0.3) is 0 Å². The highest BCUT2D eigenvalue weighted by Gasteiger charge is 2.47. The lowest BCUT2D eigenvalue weighted by Gasteiger charge is -2.40. The van der Waals surface area contributed by atoms with E-state index in [1.807, 2.05) is 7.05 Å². The van der Waals surface area contributed by atoms with E-state index in [1.54, 1.807) is 5.01 Å². The molecule has 2 rings (SSSR count). The van der Waals surface area contributed by atoms with E-state index in [4.69, 9.17) is 5.11 Å². The Morgan fingerprint density at radius 1 is 1.33 bits per heavy atom. The van der Waals surface area contributed by atoms with Crippen molar-refractivity contribution in [1.29, 1.82) is 0 Å². The van der Waals surface area contributed by atoms with Gasteiger partial charge < -0.3 is 5.11 Å². The van der Waals surface area contributed by atoms with Crippen molar-refractivity contribution in [2.75, 3.05) is 20.2 Å². The zero-order valence-corrected chi connectivity index (χ0v) is 9.41. The Labute approximate surface area is 90.8 Å². The lowest BCUT2D eigenvalue weighted by atomic mass is 9.80. The van der Waals surface area contributed by atoms with Gasteiger partial charge in [0.15, 0.2) is 0 Å². The molecule has 0 radical (unpaired) electrons. The van der Waals surface area contributed by atoms with Crippen LogP contribution in [0.15, 0.2) is 0 Å². The molecule has 0 aromatic heterocycles. The van der Waals surface area contributed by atoms with Crippen LogP contribution in [0.2, 0.25) is 0 Å². The fourth-order valence-corrected chi connectivity index (χ4v) is 2.99. The van der Waals surface area contributed by atoms with Crippen molar-refractivity contribution in [3.05, 3.63) is 0 Å². The van der Waals surface area contributed by atoms with Crippen LogP contribution in [-0.4, -0.2) is 46.8 Å². The third-order valence-corrected chi connectivity index (χ3v) is 3.91. The number of rotatable bonds is 2. The molecular formula is C11H20N2O2. The first-order valence-corrected chi connectivity index (χ1v) is 5.85. The third kappa shape index (κ3) is 1.76. The Morgan fingerprint density at radius 3 is 2.60 bits per heavy atom. The van der Waals surface area contributed by atoms with Crippen molar-refractivity contribution >= 4 is 5.91 Å². The van der Waals surface area contributed by atoms with Gasteiger partial charge >= 0.3 is 0 Å². The Balaban J connectivity index is 2.12. The largest absolute Gasteiger partial charge is 0.394 e. The molecule has 0 atom stereocenters. The normalized spacial score (nSPS) is 26.5. The van der Waals surface area contributed by atoms with E-state index in [-0.39, 0.29) is 18.1 Å². The quantitative estimate of drug-likeness (QED) is 0.735. The number of amides is 1. The summed E-state index contributed by atoms with van der Waals surface area (Å²) in [6, 6.07) is 0. The zero-order valence-electron chi connectivity index (χ0n) is 9.41. The average molecular weight is 212 g/mol. The van der Waals surface area contributed by atoms with E-state index >= 15 is 0 Å². The molecule has 1 saturated heterocycles. The molecule has 1 N–H and O–H groups in total. The molecule has 86 valence electrons. The van der Waals surface area contributed by atoms with Crippen LogP contribution in [0.5, 0.6) is 0 Å². The number of hydrogen-bond acceptors (Lipinski definition) is 3. The van der Waals surface area contributed by atoms with E-state index < -0.39 is 0 Å². The van der Waals surface area contributed by atoms with Crippen molar-refractivity contribution in [2.45, 2.75) is 44.1 Å². The summed E-state index contributed by atoms with van der Waals surface area (Å²) in [6.07, 6.45) is 6.64. The lowest BCUT2D eigenvalue weighted by Crippen LogP contribution is -2.49. The molecule has 0 bridgehead atoms. The van der Waals surface area contributed by atoms with Crippen LogP contribution in [-0.2, 0) is 4.79 Å². The van der Waals surface area contributed by atoms with Crippen LogP contribution < -0.4 is 0 Å². The van der Waals surface area contributed by atoms with Gasteiger partial charge in [0, 0.05) is 19.0 Å². The van der Waals surface area contributed by atoms with Crippen molar-refractivity contribution in [2.24, 2.45) is 0 Å². The molecule has 15 heavy (non-hydrogen) atoms. The summed E-state index contributed by atoms with van der Waals surface area (Å²) in [4.78, 5) is 11.8. The van der Waals surface area contributed by atoms with Crippen LogP contribution in [0.4, 0.5) is 0 Å². The molecule has 0 aromatic rings. The monoisotopic (exact) mass is 212 g/mol. The Morgan fingerprint density at radius 2 is 2.00 bits per heavy atom. The molecule has 0 unspecified atom stereocenters. The Bertz CT molecular complexity index is 249. The van der Waals surface area contributed by atoms with Gasteiger partial charge in [0.1, 0.15) is 0 Å². The van der Waals surface area contributed by atoms with Gasteiger partial charge in [-0.3, -0.25) is 9.80 Å². The number of hydrogen-bond donors (Lipinski definition) is 1. The van der Waals surface area contributed by atoms with E-state index in [0.29, 0.717) is 13.0 Å². The maximum absolute atomic E-state index is 11.8. The van der Waals surface area contributed by atoms with Gasteiger partial charge in [-0.25, -0.2) is 5.01 Å². The van der Waals surface area contributed by atoms with Gasteiger partial charge in [-0.05, 0) is 12.8 Å². The minimum Gasteiger partial charge on any atom is -0.394 e. The molecule has 1 spiro atoms. The summed E-state index contributed by atoms with van der Waals surface area (Å²) in [5, 5.41) is 12.7. The molecule has 1 aliphatic heterocycles. The molecule has 4 heteroatoms. The van der Waals surface area contributed by atoms with Gasteiger partial charge in [0.05, 0.1) is 13.2 Å². The summed E-state index contributed by atoms with van der Waals surface area (Å²) >= 11 is 0. The predicted octanol–water partition coefficient (Wildman–Crippen LogP) is 0.761. The van der Waals surface area contributed by atoms with Crippen LogP contribution in [0.3, 0.4) is 0 Å². The van der Waals surface area contributed by atoms with Gasteiger partial charge in [0.25, 0.3) is 0 Å². The summed E-state index contributed by atoms with van der Waals surface area (Å²) in [5.41, 5.74) is 0.0739. The summed E-state index contributed by atoms with van der Waals surface area (Å²) in [7, 11) is 1.99. The maximum atomic E-state index is 11.8. The predicted molar refractivity (Wildman–Crippen MR) is 57.0 cm³/mol. The number of carbonyl (C=O) groups excluding carboxylic acids is 1. The second-order valence-electron chi connectivity index (χ2n) is 4.73. The molecular weight excluding hydrogens is 192 g/mol. The topological polar surface area (TPSA) is 43.8 Å². The van der Waals surface area contributed by atoms with Crippen LogP contribution in [0, 0.1) is 0 Å². The fourth-order valence-electron chi connectivity index (χ4n) is 2.99. The van der Waals surface area contributed by atoms with Gasteiger partial charge in [0.2, 0.25) is 5.91 Å². The number of carbonyl (C=O) groups is 1. The van der Waals surface area contributed by atoms with Crippen LogP contribution in [0.1, 0.15) is 38.5 Å². The highest BCUT2D eigenvalue weighted by atomic mass is 16.3. The second kappa shape index (κ2) is 4.10. The fraction of sp³-hybridized carbons (Fsp3) is 0.909. The first kappa shape index (κ1) is 10.9. The molecule has 2 fully saturated rings. The Hall–Kier alpha value is -0.610. The van der Waals surface area contributed by atoms with E-state index in [1.165, 1.54) is 19.3 Å². The Kier molecular flexibility index (Phi) is 2.98. The number of hydrazine groups is 1. The third-order valence-electron chi connectivity index (χ3n) is 3.91. The molecule has 1 amide bonds. The molecule has 1 aliphatic carbocycles. The summed E-state index contributed by atoms with van der Waals surface area (Å²) < 4.78 is 0. The van der Waals surface area contributed by atoms with E-state index in [9.17, 15) is 4.79 Å². The number of nitrogens with zero attached hydrogens (tertiary/aromatic N) is 2. The van der Waals surface area contributed by atoms with Crippen molar-refractivity contribution in [1.82, 2.24) is 10.0 Å². The maximum Gasteiger partial charge on any atom is 0.238 e. The minimum absolute atomic E-state index is 0.0478. The zero-order chi connectivity index (χ0) is 10.9. The smallest absolute Gasteiger partial charge is 0.238 e. The van der Waals surface area contributed by atoms with E-state index in [0.717, 1.165) is 12.8 Å². The molecule has 2 aliphatic rings. The first-order chi connectivity index (χ1) is 7.19. The average Bonchev–Trinajstić information content (AvgIpc) is 2.45. The number of aliphatic hydroxyl groups excluding tert-OH is 1. The van der Waals surface area contributed by atoms with Gasteiger partial charge in [-0.1, -0.05) is 19.3 Å². The lowest BCUT2D eigenvalue weighted by molar-refractivity contribution is -0.140. The first-order valence-electron chi connectivity index (χ1n) is 5.85. The number of aliphatic hydroxyl groups is 1.